The first-order chi connectivity index (χ1) is 15.5. The topological polar surface area (TPSA) is 153 Å². The van der Waals surface area contributed by atoms with Gasteiger partial charge in [-0.2, -0.15) is 15.0 Å². The molecule has 0 fully saturated rings. The van der Waals surface area contributed by atoms with E-state index in [9.17, 15) is 18.3 Å². The maximum Gasteiger partial charge on any atom is 0.242 e. The average Bonchev–Trinajstić information content (AvgIpc) is 2.74. The smallest absolute Gasteiger partial charge is 0.242 e. The molecule has 3 N–H and O–H groups in total. The number of nitrogens with one attached hydrogen (secondary N) is 2. The number of benzene rings is 1. The number of carbonyl (C=O) groups excluding carboxylic acids is 1. The zero-order chi connectivity index (χ0) is 24.6. The number of anilines is 2. The lowest BCUT2D eigenvalue weighted by atomic mass is 10.0. The fourth-order valence-electron chi connectivity index (χ4n) is 2.86. The predicted octanol–water partition coefficient (Wildman–Crippen LogP) is 2.05. The normalized spacial score (nSPS) is 12.3. The van der Waals surface area contributed by atoms with Crippen LogP contribution in [0.5, 0.6) is 11.5 Å². The van der Waals surface area contributed by atoms with Gasteiger partial charge in [0.1, 0.15) is 11.5 Å². The predicted molar refractivity (Wildman–Crippen MR) is 127 cm³/mol. The van der Waals surface area contributed by atoms with E-state index in [1.165, 1.54) is 14.2 Å². The Hall–Kier alpha value is -2.64. The summed E-state index contributed by atoms with van der Waals surface area (Å²) in [4.78, 5) is 25.2. The number of ether oxygens (including phenoxy) is 2. The second-order valence-corrected chi connectivity index (χ2v) is 10.3. The highest BCUT2D eigenvalue weighted by molar-refractivity contribution is 7.99. The van der Waals surface area contributed by atoms with E-state index in [-0.39, 0.29) is 41.2 Å². The van der Waals surface area contributed by atoms with Gasteiger partial charge in [-0.15, -0.1) is 0 Å². The first-order valence-electron chi connectivity index (χ1n) is 10.0. The molecule has 11 nitrogen and oxygen atoms in total. The van der Waals surface area contributed by atoms with Gasteiger partial charge in [-0.05, 0) is 24.5 Å². The van der Waals surface area contributed by atoms with Crippen molar-refractivity contribution >= 4 is 39.5 Å². The quantitative estimate of drug-likeness (QED) is 0.274. The Kier molecular flexibility index (Phi) is 9.68. The molecule has 2 rings (SSSR count). The number of aromatic nitrogens is 3. The fourth-order valence-corrected chi connectivity index (χ4v) is 4.01. The molecule has 1 aromatic carbocycles. The Bertz CT molecular complexity index is 1060. The molecule has 13 heteroatoms. The summed E-state index contributed by atoms with van der Waals surface area (Å²) in [5.41, 5.74) is 0.366. The Labute approximate surface area is 197 Å². The summed E-state index contributed by atoms with van der Waals surface area (Å²) in [6.07, 6.45) is 1.63. The van der Waals surface area contributed by atoms with E-state index in [0.29, 0.717) is 29.4 Å². The Morgan fingerprint density at radius 3 is 2.42 bits per heavy atom. The summed E-state index contributed by atoms with van der Waals surface area (Å²) < 4.78 is 36.0. The van der Waals surface area contributed by atoms with Crippen LogP contribution in [0.25, 0.3) is 0 Å². The standard InChI is InChI=1S/C20H29N5O6S2/c1-12(2)8-13(10-26)21-18-22-19(25-33(5,28)29)24-20(23-18)32-11-16(27)15-7-6-14(30-3)9-17(15)31-4/h6-7,9,12-13,26H,8,10-11H2,1-5H3,(H2,21,22,23,24,25)/t13-/m1/s1. The van der Waals surface area contributed by atoms with Gasteiger partial charge in [-0.3, -0.25) is 9.52 Å². The van der Waals surface area contributed by atoms with Crippen molar-refractivity contribution in [1.82, 2.24) is 15.0 Å². The van der Waals surface area contributed by atoms with Gasteiger partial charge in [0.05, 0.1) is 44.4 Å². The lowest BCUT2D eigenvalue weighted by molar-refractivity contribution is 0.101. The van der Waals surface area contributed by atoms with Gasteiger partial charge in [-0.25, -0.2) is 8.42 Å². The highest BCUT2D eigenvalue weighted by atomic mass is 32.2. The maximum atomic E-state index is 12.8. The zero-order valence-corrected chi connectivity index (χ0v) is 20.8. The Balaban J connectivity index is 2.25. The number of nitrogens with zero attached hydrogens (tertiary/aromatic N) is 3. The van der Waals surface area contributed by atoms with Gasteiger partial charge in [0.2, 0.25) is 21.9 Å². The van der Waals surface area contributed by atoms with Crippen LogP contribution in [0.4, 0.5) is 11.9 Å². The van der Waals surface area contributed by atoms with E-state index >= 15 is 0 Å². The SMILES string of the molecule is COc1ccc(C(=O)CSc2nc(N[C@@H](CO)CC(C)C)nc(NS(C)(=O)=O)n2)c(OC)c1. The largest absolute Gasteiger partial charge is 0.497 e. The number of hydrogen-bond acceptors (Lipinski definition) is 11. The van der Waals surface area contributed by atoms with Crippen molar-refractivity contribution in [2.75, 3.05) is 42.9 Å². The van der Waals surface area contributed by atoms with Crippen LogP contribution in [0.15, 0.2) is 23.4 Å². The molecule has 182 valence electrons. The molecule has 0 bridgehead atoms. The molecule has 0 spiro atoms. The van der Waals surface area contributed by atoms with Crippen LogP contribution in [0, 0.1) is 5.92 Å². The third-order valence-corrected chi connectivity index (χ3v) is 5.64. The molecule has 2 aromatic rings. The molecule has 0 radical (unpaired) electrons. The van der Waals surface area contributed by atoms with Crippen LogP contribution in [0.2, 0.25) is 0 Å². The number of ketones is 1. The van der Waals surface area contributed by atoms with Crippen molar-refractivity contribution in [3.63, 3.8) is 0 Å². The van der Waals surface area contributed by atoms with Gasteiger partial charge in [0.25, 0.3) is 0 Å². The lowest BCUT2D eigenvalue weighted by Gasteiger charge is -2.18. The summed E-state index contributed by atoms with van der Waals surface area (Å²) in [5, 5.41) is 12.8. The van der Waals surface area contributed by atoms with Crippen molar-refractivity contribution in [3.8, 4) is 11.5 Å². The molecule has 33 heavy (non-hydrogen) atoms. The second-order valence-electron chi connectivity index (χ2n) is 7.57. The molecule has 1 aromatic heterocycles. The number of sulfonamides is 1. The first-order valence-corrected chi connectivity index (χ1v) is 12.9. The number of thioether (sulfide) groups is 1. The first kappa shape index (κ1) is 26.6. The van der Waals surface area contributed by atoms with Crippen LogP contribution in [-0.4, -0.2) is 73.1 Å². The van der Waals surface area contributed by atoms with E-state index in [1.54, 1.807) is 18.2 Å². The number of carbonyl (C=O) groups is 1. The third-order valence-electron chi connectivity index (χ3n) is 4.24. The minimum atomic E-state index is -3.64. The Morgan fingerprint density at radius 1 is 1.15 bits per heavy atom. The molecule has 0 aliphatic heterocycles. The van der Waals surface area contributed by atoms with E-state index in [2.05, 4.69) is 25.0 Å². The molecule has 1 heterocycles. The summed E-state index contributed by atoms with van der Waals surface area (Å²) in [7, 11) is -0.662. The van der Waals surface area contributed by atoms with Crippen molar-refractivity contribution in [2.45, 2.75) is 31.5 Å². The molecule has 0 aliphatic carbocycles. The minimum Gasteiger partial charge on any atom is -0.497 e. The monoisotopic (exact) mass is 499 g/mol. The molecular formula is C20H29N5O6S2. The summed E-state index contributed by atoms with van der Waals surface area (Å²) in [5.74, 6) is 0.870. The number of hydrogen-bond donors (Lipinski definition) is 3. The van der Waals surface area contributed by atoms with Crippen LogP contribution in [0.3, 0.4) is 0 Å². The van der Waals surface area contributed by atoms with Crippen molar-refractivity contribution in [3.05, 3.63) is 23.8 Å². The summed E-state index contributed by atoms with van der Waals surface area (Å²) >= 11 is 1.02. The van der Waals surface area contributed by atoms with E-state index in [1.807, 2.05) is 13.8 Å². The number of Topliss-reactive ketones (excluding diaryl/α,β-unsaturated/α-hetero) is 1. The van der Waals surface area contributed by atoms with Crippen molar-refractivity contribution in [2.24, 2.45) is 5.92 Å². The number of aliphatic hydroxyl groups is 1. The van der Waals surface area contributed by atoms with E-state index in [0.717, 1.165) is 18.0 Å². The van der Waals surface area contributed by atoms with Gasteiger partial charge in [0, 0.05) is 6.07 Å². The molecular weight excluding hydrogens is 470 g/mol. The lowest BCUT2D eigenvalue weighted by Crippen LogP contribution is -2.27. The number of aliphatic hydroxyl groups excluding tert-OH is 1. The fraction of sp³-hybridized carbons (Fsp3) is 0.500. The molecule has 0 saturated heterocycles. The van der Waals surface area contributed by atoms with Crippen molar-refractivity contribution < 1.29 is 27.8 Å². The van der Waals surface area contributed by atoms with Crippen LogP contribution in [-0.2, 0) is 10.0 Å². The van der Waals surface area contributed by atoms with Crippen LogP contribution < -0.4 is 19.5 Å². The highest BCUT2D eigenvalue weighted by Crippen LogP contribution is 2.27. The van der Waals surface area contributed by atoms with E-state index in [4.69, 9.17) is 9.47 Å². The molecule has 0 amide bonds. The Morgan fingerprint density at radius 2 is 1.85 bits per heavy atom. The van der Waals surface area contributed by atoms with Crippen LogP contribution >= 0.6 is 11.8 Å². The van der Waals surface area contributed by atoms with Gasteiger partial charge >= 0.3 is 0 Å². The minimum absolute atomic E-state index is 0.0279. The molecule has 1 atom stereocenters. The number of methoxy groups -OCH3 is 2. The highest BCUT2D eigenvalue weighted by Gasteiger charge is 2.18. The molecule has 0 saturated carbocycles. The number of rotatable bonds is 13. The zero-order valence-electron chi connectivity index (χ0n) is 19.2. The van der Waals surface area contributed by atoms with Gasteiger partial charge in [0.15, 0.2) is 10.9 Å². The summed E-state index contributed by atoms with van der Waals surface area (Å²) in [6.45, 7) is 3.86. The second kappa shape index (κ2) is 12.0. The molecule has 0 aliphatic rings. The van der Waals surface area contributed by atoms with Gasteiger partial charge < -0.3 is 19.9 Å². The van der Waals surface area contributed by atoms with Crippen molar-refractivity contribution in [1.29, 1.82) is 0 Å². The van der Waals surface area contributed by atoms with Crippen LogP contribution in [0.1, 0.15) is 30.6 Å². The average molecular weight is 500 g/mol. The maximum absolute atomic E-state index is 12.8. The third kappa shape index (κ3) is 8.67. The van der Waals surface area contributed by atoms with E-state index < -0.39 is 10.0 Å². The van der Waals surface area contributed by atoms with Gasteiger partial charge in [-0.1, -0.05) is 25.6 Å². The summed E-state index contributed by atoms with van der Waals surface area (Å²) in [6, 6.07) is 4.54. The molecule has 0 unspecified atom stereocenters.